The minimum atomic E-state index is 0.170. The fourth-order valence-corrected chi connectivity index (χ4v) is 2.30. The Morgan fingerprint density at radius 2 is 2.00 bits per heavy atom. The molecule has 0 aliphatic heterocycles. The topological polar surface area (TPSA) is 17.1 Å². The molecule has 0 spiro atoms. The molecular formula is C13H16BrClO. The predicted molar refractivity (Wildman–Crippen MR) is 72.2 cm³/mol. The van der Waals surface area contributed by atoms with Crippen LogP contribution in [-0.4, -0.2) is 5.78 Å². The number of ketones is 1. The molecule has 0 aromatic heterocycles. The van der Waals surface area contributed by atoms with Crippen LogP contribution in [0.15, 0.2) is 22.7 Å². The van der Waals surface area contributed by atoms with Gasteiger partial charge in [-0.05, 0) is 24.1 Å². The first-order valence-corrected chi connectivity index (χ1v) is 6.73. The Bertz CT molecular complexity index is 372. The van der Waals surface area contributed by atoms with Gasteiger partial charge in [0.15, 0.2) is 5.78 Å². The van der Waals surface area contributed by atoms with Crippen molar-refractivity contribution >= 4 is 33.3 Å². The van der Waals surface area contributed by atoms with Crippen molar-refractivity contribution in [3.05, 3.63) is 33.3 Å². The van der Waals surface area contributed by atoms with Crippen LogP contribution in [0.25, 0.3) is 0 Å². The third-order valence-electron chi connectivity index (χ3n) is 2.86. The highest BCUT2D eigenvalue weighted by atomic mass is 79.9. The number of Topliss-reactive ketones (excluding diaryl/α,β-unsaturated/α-hetero) is 1. The van der Waals surface area contributed by atoms with Crippen molar-refractivity contribution in [1.82, 2.24) is 0 Å². The van der Waals surface area contributed by atoms with E-state index >= 15 is 0 Å². The summed E-state index contributed by atoms with van der Waals surface area (Å²) in [6.07, 6.45) is 2.69. The molecule has 88 valence electrons. The first-order valence-electron chi connectivity index (χ1n) is 5.56. The van der Waals surface area contributed by atoms with E-state index in [-0.39, 0.29) is 5.78 Å². The van der Waals surface area contributed by atoms with E-state index in [1.54, 1.807) is 12.1 Å². The van der Waals surface area contributed by atoms with E-state index in [2.05, 4.69) is 29.8 Å². The summed E-state index contributed by atoms with van der Waals surface area (Å²) in [5.74, 6) is 0.640. The molecule has 0 radical (unpaired) electrons. The van der Waals surface area contributed by atoms with Gasteiger partial charge in [0.25, 0.3) is 0 Å². The number of carbonyl (C=O) groups excluding carboxylic acids is 1. The number of carbonyl (C=O) groups is 1. The molecule has 0 bridgehead atoms. The van der Waals surface area contributed by atoms with Gasteiger partial charge in [-0.3, -0.25) is 4.79 Å². The van der Waals surface area contributed by atoms with Gasteiger partial charge in [0.1, 0.15) is 0 Å². The maximum Gasteiger partial charge on any atom is 0.164 e. The predicted octanol–water partition coefficient (Wildman–Crippen LogP) is 5.11. The lowest BCUT2D eigenvalue weighted by Gasteiger charge is -2.11. The standard InChI is InChI=1S/C13H16BrClO/c1-3-9(4-2)7-13(16)11-8-10(15)5-6-12(11)14/h5-6,8-9H,3-4,7H2,1-2H3. The zero-order valence-electron chi connectivity index (χ0n) is 9.59. The minimum absolute atomic E-state index is 0.170. The largest absolute Gasteiger partial charge is 0.294 e. The Morgan fingerprint density at radius 1 is 1.38 bits per heavy atom. The fourth-order valence-electron chi connectivity index (χ4n) is 1.66. The van der Waals surface area contributed by atoms with Crippen LogP contribution >= 0.6 is 27.5 Å². The van der Waals surface area contributed by atoms with Gasteiger partial charge in [-0.1, -0.05) is 54.2 Å². The minimum Gasteiger partial charge on any atom is -0.294 e. The zero-order valence-corrected chi connectivity index (χ0v) is 11.9. The van der Waals surface area contributed by atoms with Crippen molar-refractivity contribution in [2.75, 3.05) is 0 Å². The highest BCUT2D eigenvalue weighted by Gasteiger charge is 2.15. The highest BCUT2D eigenvalue weighted by Crippen LogP contribution is 2.25. The maximum absolute atomic E-state index is 12.1. The molecule has 0 N–H and O–H groups in total. The summed E-state index contributed by atoms with van der Waals surface area (Å²) in [6, 6.07) is 5.33. The van der Waals surface area contributed by atoms with Crippen LogP contribution in [0, 0.1) is 5.92 Å². The SMILES string of the molecule is CCC(CC)CC(=O)c1cc(Cl)ccc1Br. The summed E-state index contributed by atoms with van der Waals surface area (Å²) in [5, 5.41) is 0.607. The molecule has 3 heteroatoms. The van der Waals surface area contributed by atoms with Crippen LogP contribution in [0.4, 0.5) is 0 Å². The molecule has 0 fully saturated rings. The second kappa shape index (κ2) is 6.41. The molecule has 0 heterocycles. The van der Waals surface area contributed by atoms with Gasteiger partial charge < -0.3 is 0 Å². The Labute approximate surface area is 110 Å². The first kappa shape index (κ1) is 13.7. The fraction of sp³-hybridized carbons (Fsp3) is 0.462. The molecule has 0 aliphatic carbocycles. The smallest absolute Gasteiger partial charge is 0.164 e. The third-order valence-corrected chi connectivity index (χ3v) is 3.78. The van der Waals surface area contributed by atoms with Crippen molar-refractivity contribution in [2.45, 2.75) is 33.1 Å². The maximum atomic E-state index is 12.1. The highest BCUT2D eigenvalue weighted by molar-refractivity contribution is 9.10. The van der Waals surface area contributed by atoms with Crippen LogP contribution in [0.2, 0.25) is 5.02 Å². The summed E-state index contributed by atoms with van der Waals surface area (Å²) >= 11 is 9.28. The van der Waals surface area contributed by atoms with E-state index in [0.717, 1.165) is 17.3 Å². The number of halogens is 2. The Morgan fingerprint density at radius 3 is 2.56 bits per heavy atom. The summed E-state index contributed by atoms with van der Waals surface area (Å²) in [5.41, 5.74) is 0.694. The number of hydrogen-bond donors (Lipinski definition) is 0. The van der Waals surface area contributed by atoms with Crippen molar-refractivity contribution in [3.8, 4) is 0 Å². The van der Waals surface area contributed by atoms with Crippen LogP contribution in [0.5, 0.6) is 0 Å². The van der Waals surface area contributed by atoms with Crippen LogP contribution in [-0.2, 0) is 0 Å². The van der Waals surface area contributed by atoms with Crippen molar-refractivity contribution in [3.63, 3.8) is 0 Å². The Balaban J connectivity index is 2.83. The molecule has 1 aromatic carbocycles. The van der Waals surface area contributed by atoms with Gasteiger partial charge in [0.2, 0.25) is 0 Å². The summed E-state index contributed by atoms with van der Waals surface area (Å²) in [7, 11) is 0. The third kappa shape index (κ3) is 3.60. The molecule has 1 aromatic rings. The first-order chi connectivity index (χ1) is 7.58. The number of rotatable bonds is 5. The van der Waals surface area contributed by atoms with Crippen LogP contribution < -0.4 is 0 Å². The van der Waals surface area contributed by atoms with Gasteiger partial charge in [0.05, 0.1) is 0 Å². The van der Waals surface area contributed by atoms with Crippen molar-refractivity contribution < 1.29 is 4.79 Å². The molecule has 0 aliphatic rings. The monoisotopic (exact) mass is 302 g/mol. The Hall–Kier alpha value is -0.340. The second-order valence-electron chi connectivity index (χ2n) is 3.93. The molecule has 1 nitrogen and oxygen atoms in total. The van der Waals surface area contributed by atoms with Crippen LogP contribution in [0.3, 0.4) is 0 Å². The summed E-state index contributed by atoms with van der Waals surface area (Å²) < 4.78 is 0.827. The average molecular weight is 304 g/mol. The molecule has 1 rings (SSSR count). The molecule has 0 saturated heterocycles. The van der Waals surface area contributed by atoms with E-state index < -0.39 is 0 Å². The lowest BCUT2D eigenvalue weighted by Crippen LogP contribution is -2.08. The van der Waals surface area contributed by atoms with Crippen molar-refractivity contribution in [2.24, 2.45) is 5.92 Å². The molecule has 0 atom stereocenters. The molecule has 16 heavy (non-hydrogen) atoms. The van der Waals surface area contributed by atoms with E-state index in [0.29, 0.717) is 22.9 Å². The van der Waals surface area contributed by atoms with E-state index in [1.165, 1.54) is 0 Å². The molecule has 0 unspecified atom stereocenters. The van der Waals surface area contributed by atoms with E-state index in [1.807, 2.05) is 6.07 Å². The summed E-state index contributed by atoms with van der Waals surface area (Å²) in [6.45, 7) is 4.24. The number of hydrogen-bond acceptors (Lipinski definition) is 1. The van der Waals surface area contributed by atoms with Crippen LogP contribution in [0.1, 0.15) is 43.5 Å². The van der Waals surface area contributed by atoms with Gasteiger partial charge in [-0.2, -0.15) is 0 Å². The average Bonchev–Trinajstić information content (AvgIpc) is 2.28. The lowest BCUT2D eigenvalue weighted by atomic mass is 9.94. The van der Waals surface area contributed by atoms with Gasteiger partial charge in [-0.15, -0.1) is 0 Å². The molecular weight excluding hydrogens is 287 g/mol. The lowest BCUT2D eigenvalue weighted by molar-refractivity contribution is 0.0958. The quantitative estimate of drug-likeness (QED) is 0.691. The molecule has 0 amide bonds. The van der Waals surface area contributed by atoms with Gasteiger partial charge >= 0.3 is 0 Å². The second-order valence-corrected chi connectivity index (χ2v) is 5.22. The van der Waals surface area contributed by atoms with E-state index in [9.17, 15) is 4.79 Å². The van der Waals surface area contributed by atoms with Gasteiger partial charge in [0, 0.05) is 21.5 Å². The zero-order chi connectivity index (χ0) is 12.1. The molecule has 0 saturated carbocycles. The number of benzene rings is 1. The Kier molecular flexibility index (Phi) is 5.50. The van der Waals surface area contributed by atoms with Crippen molar-refractivity contribution in [1.29, 1.82) is 0 Å². The summed E-state index contributed by atoms with van der Waals surface area (Å²) in [4.78, 5) is 12.1. The normalized spacial score (nSPS) is 10.8. The van der Waals surface area contributed by atoms with E-state index in [4.69, 9.17) is 11.6 Å². The van der Waals surface area contributed by atoms with Gasteiger partial charge in [-0.25, -0.2) is 0 Å².